The Kier molecular flexibility index (Phi) is 6.32. The van der Waals surface area contributed by atoms with Crippen LogP contribution in [0.3, 0.4) is 0 Å². The van der Waals surface area contributed by atoms with E-state index in [9.17, 15) is 13.2 Å². The van der Waals surface area contributed by atoms with Crippen molar-refractivity contribution < 1.29 is 17.9 Å². The Morgan fingerprint density at radius 1 is 0.844 bits per heavy atom. The van der Waals surface area contributed by atoms with Gasteiger partial charge in [0.2, 0.25) is 0 Å². The average molecular weight is 452 g/mol. The third-order valence-corrected chi connectivity index (χ3v) is 6.84. The third kappa shape index (κ3) is 4.70. The van der Waals surface area contributed by atoms with E-state index in [1.807, 2.05) is 18.2 Å². The van der Waals surface area contributed by atoms with Crippen molar-refractivity contribution in [3.63, 3.8) is 0 Å². The van der Waals surface area contributed by atoms with Gasteiger partial charge in [-0.3, -0.25) is 9.52 Å². The van der Waals surface area contributed by atoms with Gasteiger partial charge >= 0.3 is 0 Å². The van der Waals surface area contributed by atoms with E-state index in [2.05, 4.69) is 21.8 Å². The summed E-state index contributed by atoms with van der Waals surface area (Å²) in [6.07, 6.45) is 0. The van der Waals surface area contributed by atoms with Crippen LogP contribution in [-0.4, -0.2) is 52.5 Å². The first-order chi connectivity index (χ1) is 15.5. The lowest BCUT2D eigenvalue weighted by Gasteiger charge is -2.36. The van der Waals surface area contributed by atoms with E-state index in [1.165, 1.54) is 19.2 Å². The van der Waals surface area contributed by atoms with Gasteiger partial charge in [0.1, 0.15) is 5.75 Å². The molecule has 1 aliphatic rings. The topological polar surface area (TPSA) is 78.9 Å². The fraction of sp³-hybridized carbons (Fsp3) is 0.208. The first-order valence-electron chi connectivity index (χ1n) is 10.3. The van der Waals surface area contributed by atoms with Gasteiger partial charge in [-0.25, -0.2) is 8.42 Å². The summed E-state index contributed by atoms with van der Waals surface area (Å²) in [6, 6.07) is 22.9. The van der Waals surface area contributed by atoms with Crippen LogP contribution in [0.25, 0.3) is 0 Å². The molecule has 0 aromatic heterocycles. The van der Waals surface area contributed by atoms with Crippen LogP contribution >= 0.6 is 0 Å². The highest BCUT2D eigenvalue weighted by Gasteiger charge is 2.25. The molecule has 0 atom stereocenters. The molecule has 0 bridgehead atoms. The highest BCUT2D eigenvalue weighted by molar-refractivity contribution is 7.92. The molecular weight excluding hydrogens is 426 g/mol. The summed E-state index contributed by atoms with van der Waals surface area (Å²) in [5.41, 5.74) is 1.73. The molecule has 0 unspecified atom stereocenters. The summed E-state index contributed by atoms with van der Waals surface area (Å²) in [4.78, 5) is 17.3. The predicted molar refractivity (Wildman–Crippen MR) is 125 cm³/mol. The van der Waals surface area contributed by atoms with Crippen molar-refractivity contribution in [1.82, 2.24) is 4.90 Å². The van der Waals surface area contributed by atoms with Crippen molar-refractivity contribution in [2.45, 2.75) is 4.90 Å². The molecule has 0 aliphatic carbocycles. The molecule has 32 heavy (non-hydrogen) atoms. The molecule has 0 radical (unpaired) electrons. The molecule has 1 amide bonds. The fourth-order valence-corrected chi connectivity index (χ4v) is 4.77. The zero-order valence-electron chi connectivity index (χ0n) is 17.8. The smallest absolute Gasteiger partial charge is 0.261 e. The summed E-state index contributed by atoms with van der Waals surface area (Å²) in [6.45, 7) is 2.56. The molecule has 3 aromatic carbocycles. The lowest BCUT2D eigenvalue weighted by Crippen LogP contribution is -2.48. The van der Waals surface area contributed by atoms with Crippen molar-refractivity contribution >= 4 is 27.3 Å². The second-order valence-corrected chi connectivity index (χ2v) is 9.12. The highest BCUT2D eigenvalue weighted by Crippen LogP contribution is 2.24. The number of sulfonamides is 1. The van der Waals surface area contributed by atoms with E-state index in [0.717, 1.165) is 18.8 Å². The normalized spacial score (nSPS) is 14.2. The van der Waals surface area contributed by atoms with Crippen LogP contribution in [0.15, 0.2) is 83.8 Å². The molecule has 1 heterocycles. The summed E-state index contributed by atoms with van der Waals surface area (Å²) < 4.78 is 33.4. The fourth-order valence-electron chi connectivity index (χ4n) is 3.69. The predicted octanol–water partition coefficient (Wildman–Crippen LogP) is 3.46. The Balaban J connectivity index is 1.49. The van der Waals surface area contributed by atoms with E-state index < -0.39 is 10.0 Å². The van der Waals surface area contributed by atoms with Crippen molar-refractivity contribution in [3.05, 3.63) is 84.4 Å². The Hall–Kier alpha value is -3.52. The number of para-hydroxylation sites is 2. The van der Waals surface area contributed by atoms with E-state index in [1.54, 1.807) is 41.3 Å². The number of amides is 1. The lowest BCUT2D eigenvalue weighted by molar-refractivity contribution is 0.0748. The minimum atomic E-state index is -3.85. The number of piperazine rings is 1. The molecule has 166 valence electrons. The molecule has 1 N–H and O–H groups in total. The second kappa shape index (κ2) is 9.32. The van der Waals surface area contributed by atoms with Gasteiger partial charge < -0.3 is 14.5 Å². The quantitative estimate of drug-likeness (QED) is 0.621. The molecular formula is C24H25N3O4S. The number of hydrogen-bond donors (Lipinski definition) is 1. The van der Waals surface area contributed by atoms with Gasteiger partial charge in [0.05, 0.1) is 23.3 Å². The molecule has 0 spiro atoms. The molecule has 1 aliphatic heterocycles. The Morgan fingerprint density at radius 2 is 1.47 bits per heavy atom. The van der Waals surface area contributed by atoms with Crippen LogP contribution in [0.5, 0.6) is 5.75 Å². The number of rotatable bonds is 6. The number of carbonyl (C=O) groups is 1. The van der Waals surface area contributed by atoms with Gasteiger partial charge in [0.25, 0.3) is 15.9 Å². The Labute approximate surface area is 188 Å². The van der Waals surface area contributed by atoms with Crippen LogP contribution in [0.2, 0.25) is 0 Å². The molecule has 7 nitrogen and oxygen atoms in total. The summed E-state index contributed by atoms with van der Waals surface area (Å²) in [5.74, 6) is 0.375. The maximum absolute atomic E-state index is 13.2. The summed E-state index contributed by atoms with van der Waals surface area (Å²) >= 11 is 0. The van der Waals surface area contributed by atoms with Crippen LogP contribution < -0.4 is 14.4 Å². The second-order valence-electron chi connectivity index (χ2n) is 7.44. The number of methoxy groups -OCH3 is 1. The van der Waals surface area contributed by atoms with E-state index in [4.69, 9.17) is 4.74 Å². The largest absolute Gasteiger partial charge is 0.497 e. The molecule has 1 fully saturated rings. The van der Waals surface area contributed by atoms with Gasteiger partial charge in [-0.2, -0.15) is 0 Å². The monoisotopic (exact) mass is 451 g/mol. The van der Waals surface area contributed by atoms with Gasteiger partial charge in [0.15, 0.2) is 0 Å². The number of anilines is 2. The van der Waals surface area contributed by atoms with Gasteiger partial charge in [0, 0.05) is 31.9 Å². The minimum absolute atomic E-state index is 0.0945. The zero-order chi connectivity index (χ0) is 22.6. The molecule has 3 aromatic rings. The van der Waals surface area contributed by atoms with Crippen LogP contribution in [0.4, 0.5) is 11.4 Å². The maximum Gasteiger partial charge on any atom is 0.261 e. The van der Waals surface area contributed by atoms with Crippen molar-refractivity contribution in [1.29, 1.82) is 0 Å². The minimum Gasteiger partial charge on any atom is -0.497 e. The maximum atomic E-state index is 13.2. The van der Waals surface area contributed by atoms with E-state index in [-0.39, 0.29) is 16.5 Å². The highest BCUT2D eigenvalue weighted by atomic mass is 32.2. The first kappa shape index (κ1) is 21.7. The van der Waals surface area contributed by atoms with Crippen LogP contribution in [-0.2, 0) is 10.0 Å². The standard InChI is InChI=1S/C24H25N3O4S/c1-31-20-11-13-21(14-12-20)32(29,30)25-23-10-6-5-9-22(23)24(28)27-17-15-26(16-18-27)19-7-3-2-4-8-19/h2-14,25H,15-18H2,1H3. The summed E-state index contributed by atoms with van der Waals surface area (Å²) in [5, 5.41) is 0. The van der Waals surface area contributed by atoms with Crippen molar-refractivity contribution in [2.24, 2.45) is 0 Å². The number of benzene rings is 3. The number of hydrogen-bond acceptors (Lipinski definition) is 5. The van der Waals surface area contributed by atoms with E-state index in [0.29, 0.717) is 24.4 Å². The Bertz CT molecular complexity index is 1170. The molecule has 4 rings (SSSR count). The van der Waals surface area contributed by atoms with E-state index >= 15 is 0 Å². The zero-order valence-corrected chi connectivity index (χ0v) is 18.6. The van der Waals surface area contributed by atoms with Gasteiger partial charge in [-0.15, -0.1) is 0 Å². The number of carbonyl (C=O) groups excluding carboxylic acids is 1. The Morgan fingerprint density at radius 3 is 2.12 bits per heavy atom. The van der Waals surface area contributed by atoms with Crippen molar-refractivity contribution in [2.75, 3.05) is 42.9 Å². The number of nitrogens with zero attached hydrogens (tertiary/aromatic N) is 2. The van der Waals surface area contributed by atoms with Crippen LogP contribution in [0.1, 0.15) is 10.4 Å². The summed E-state index contributed by atoms with van der Waals surface area (Å²) in [7, 11) is -2.34. The number of nitrogens with one attached hydrogen (secondary N) is 1. The average Bonchev–Trinajstić information content (AvgIpc) is 2.84. The molecule has 0 saturated carbocycles. The van der Waals surface area contributed by atoms with Gasteiger partial charge in [-0.05, 0) is 48.5 Å². The third-order valence-electron chi connectivity index (χ3n) is 5.46. The lowest BCUT2D eigenvalue weighted by atomic mass is 10.1. The molecule has 8 heteroatoms. The number of ether oxygens (including phenoxy) is 1. The first-order valence-corrected chi connectivity index (χ1v) is 11.8. The van der Waals surface area contributed by atoms with Gasteiger partial charge in [-0.1, -0.05) is 30.3 Å². The van der Waals surface area contributed by atoms with Crippen LogP contribution in [0, 0.1) is 0 Å². The SMILES string of the molecule is COc1ccc(S(=O)(=O)Nc2ccccc2C(=O)N2CCN(c3ccccc3)CC2)cc1. The van der Waals surface area contributed by atoms with Crippen molar-refractivity contribution in [3.8, 4) is 5.75 Å². The molecule has 1 saturated heterocycles.